The minimum Gasteiger partial charge on any atom is -0.391 e. The standard InChI is InChI=1S/C19H41NO/c1-6-8-9-10-11-12-13-14-15-16-17-18(21)19(3,7-2)20(4)5/h18,21H,6-17H2,1-5H3. The molecule has 0 amide bonds. The first-order chi connectivity index (χ1) is 9.99. The second-order valence-electron chi connectivity index (χ2n) is 7.09. The molecule has 1 N–H and O–H groups in total. The SMILES string of the molecule is CCCCCCCCCCCCC(O)C(C)(CC)N(C)C. The molecule has 0 spiro atoms. The molecule has 0 rings (SSSR count). The molecule has 0 aromatic carbocycles. The third kappa shape index (κ3) is 8.83. The van der Waals surface area contributed by atoms with E-state index in [1.54, 1.807) is 0 Å². The van der Waals surface area contributed by atoms with E-state index in [1.165, 1.54) is 64.2 Å². The molecule has 0 heterocycles. The Kier molecular flexibility index (Phi) is 12.4. The molecule has 0 fully saturated rings. The van der Waals surface area contributed by atoms with Crippen molar-refractivity contribution in [2.45, 2.75) is 109 Å². The normalized spacial score (nSPS) is 16.1. The fourth-order valence-electron chi connectivity index (χ4n) is 2.99. The van der Waals surface area contributed by atoms with E-state index >= 15 is 0 Å². The summed E-state index contributed by atoms with van der Waals surface area (Å²) in [6.07, 6.45) is 15.3. The largest absolute Gasteiger partial charge is 0.391 e. The molecule has 2 unspecified atom stereocenters. The van der Waals surface area contributed by atoms with Gasteiger partial charge in [0, 0.05) is 5.54 Å². The molecule has 2 heteroatoms. The Hall–Kier alpha value is -0.0800. The molecule has 0 bridgehead atoms. The summed E-state index contributed by atoms with van der Waals surface area (Å²) in [6, 6.07) is 0. The molecular formula is C19H41NO. The van der Waals surface area contributed by atoms with Gasteiger partial charge in [-0.25, -0.2) is 0 Å². The molecule has 0 radical (unpaired) electrons. The molecule has 2 atom stereocenters. The number of aliphatic hydroxyl groups is 1. The summed E-state index contributed by atoms with van der Waals surface area (Å²) in [7, 11) is 4.15. The van der Waals surface area contributed by atoms with Crippen molar-refractivity contribution in [1.29, 1.82) is 0 Å². The second-order valence-corrected chi connectivity index (χ2v) is 7.09. The van der Waals surface area contributed by atoms with Crippen LogP contribution in [0.3, 0.4) is 0 Å². The lowest BCUT2D eigenvalue weighted by molar-refractivity contribution is -0.00379. The highest BCUT2D eigenvalue weighted by Gasteiger charge is 2.32. The van der Waals surface area contributed by atoms with Crippen LogP contribution in [0.1, 0.15) is 97.8 Å². The molecule has 128 valence electrons. The van der Waals surface area contributed by atoms with Gasteiger partial charge in [-0.3, -0.25) is 0 Å². The first kappa shape index (κ1) is 20.9. The maximum absolute atomic E-state index is 10.4. The summed E-state index contributed by atoms with van der Waals surface area (Å²) in [4.78, 5) is 2.17. The van der Waals surface area contributed by atoms with Crippen molar-refractivity contribution < 1.29 is 5.11 Å². The summed E-state index contributed by atoms with van der Waals surface area (Å²) in [6.45, 7) is 6.62. The highest BCUT2D eigenvalue weighted by molar-refractivity contribution is 4.88. The van der Waals surface area contributed by atoms with Crippen LogP contribution in [0.15, 0.2) is 0 Å². The van der Waals surface area contributed by atoms with Crippen molar-refractivity contribution in [2.75, 3.05) is 14.1 Å². The molecule has 0 aliphatic rings. The molecule has 0 saturated carbocycles. The summed E-state index contributed by atoms with van der Waals surface area (Å²) in [5.74, 6) is 0. The van der Waals surface area contributed by atoms with Gasteiger partial charge in [0.15, 0.2) is 0 Å². The van der Waals surface area contributed by atoms with E-state index in [2.05, 4.69) is 39.8 Å². The van der Waals surface area contributed by atoms with Gasteiger partial charge in [-0.1, -0.05) is 78.1 Å². The van der Waals surface area contributed by atoms with Gasteiger partial charge < -0.3 is 10.0 Å². The Labute approximate surface area is 134 Å². The molecule has 21 heavy (non-hydrogen) atoms. The number of rotatable bonds is 14. The van der Waals surface area contributed by atoms with Crippen LogP contribution in [0.2, 0.25) is 0 Å². The molecule has 2 nitrogen and oxygen atoms in total. The van der Waals surface area contributed by atoms with E-state index in [0.717, 1.165) is 12.8 Å². The van der Waals surface area contributed by atoms with Crippen molar-refractivity contribution in [1.82, 2.24) is 4.90 Å². The van der Waals surface area contributed by atoms with E-state index in [-0.39, 0.29) is 11.6 Å². The molecule has 0 aromatic heterocycles. The van der Waals surface area contributed by atoms with Crippen LogP contribution < -0.4 is 0 Å². The monoisotopic (exact) mass is 299 g/mol. The topological polar surface area (TPSA) is 23.5 Å². The lowest BCUT2D eigenvalue weighted by Crippen LogP contribution is -2.50. The van der Waals surface area contributed by atoms with Crippen molar-refractivity contribution >= 4 is 0 Å². The maximum Gasteiger partial charge on any atom is 0.0720 e. The van der Waals surface area contributed by atoms with Crippen molar-refractivity contribution in [3.05, 3.63) is 0 Å². The van der Waals surface area contributed by atoms with Gasteiger partial charge in [0.2, 0.25) is 0 Å². The van der Waals surface area contributed by atoms with Crippen LogP contribution in [0.4, 0.5) is 0 Å². The Morgan fingerprint density at radius 3 is 1.62 bits per heavy atom. The third-order valence-corrected chi connectivity index (χ3v) is 5.29. The summed E-state index contributed by atoms with van der Waals surface area (Å²) in [5.41, 5.74) is -0.0702. The zero-order chi connectivity index (χ0) is 16.1. The van der Waals surface area contributed by atoms with E-state index in [0.29, 0.717) is 0 Å². The highest BCUT2D eigenvalue weighted by atomic mass is 16.3. The van der Waals surface area contributed by atoms with Crippen molar-refractivity contribution in [2.24, 2.45) is 0 Å². The highest BCUT2D eigenvalue weighted by Crippen LogP contribution is 2.25. The number of hydrogen-bond donors (Lipinski definition) is 1. The number of nitrogens with zero attached hydrogens (tertiary/aromatic N) is 1. The Morgan fingerprint density at radius 2 is 1.24 bits per heavy atom. The lowest BCUT2D eigenvalue weighted by Gasteiger charge is -2.40. The van der Waals surface area contributed by atoms with Gasteiger partial charge >= 0.3 is 0 Å². The number of likely N-dealkylation sites (N-methyl/N-ethyl adjacent to an activating group) is 1. The van der Waals surface area contributed by atoms with Crippen LogP contribution in [-0.2, 0) is 0 Å². The minimum atomic E-state index is -0.202. The van der Waals surface area contributed by atoms with E-state index < -0.39 is 0 Å². The fraction of sp³-hybridized carbons (Fsp3) is 1.00. The van der Waals surface area contributed by atoms with Crippen LogP contribution in [0, 0.1) is 0 Å². The number of unbranched alkanes of at least 4 members (excludes halogenated alkanes) is 9. The molecule has 0 aliphatic carbocycles. The molecule has 0 saturated heterocycles. The van der Waals surface area contributed by atoms with Gasteiger partial charge in [0.1, 0.15) is 0 Å². The zero-order valence-corrected chi connectivity index (χ0v) is 15.5. The predicted octanol–water partition coefficient (Wildman–Crippen LogP) is 5.39. The Balaban J connectivity index is 3.54. The fourth-order valence-corrected chi connectivity index (χ4v) is 2.99. The minimum absolute atomic E-state index is 0.0702. The van der Waals surface area contributed by atoms with Gasteiger partial charge in [-0.2, -0.15) is 0 Å². The smallest absolute Gasteiger partial charge is 0.0720 e. The average Bonchev–Trinajstić information content (AvgIpc) is 2.47. The summed E-state index contributed by atoms with van der Waals surface area (Å²) >= 11 is 0. The van der Waals surface area contributed by atoms with Crippen LogP contribution >= 0.6 is 0 Å². The molecular weight excluding hydrogens is 258 g/mol. The number of hydrogen-bond acceptors (Lipinski definition) is 2. The average molecular weight is 300 g/mol. The van der Waals surface area contributed by atoms with Gasteiger partial charge in [-0.15, -0.1) is 0 Å². The lowest BCUT2D eigenvalue weighted by atomic mass is 9.87. The van der Waals surface area contributed by atoms with Crippen LogP contribution in [0.25, 0.3) is 0 Å². The van der Waals surface area contributed by atoms with Gasteiger partial charge in [0.25, 0.3) is 0 Å². The maximum atomic E-state index is 10.4. The van der Waals surface area contributed by atoms with E-state index in [1.807, 2.05) is 0 Å². The quantitative estimate of drug-likeness (QED) is 0.435. The predicted molar refractivity (Wildman–Crippen MR) is 94.9 cm³/mol. The van der Waals surface area contributed by atoms with Crippen LogP contribution in [0.5, 0.6) is 0 Å². The molecule has 0 aromatic rings. The van der Waals surface area contributed by atoms with Gasteiger partial charge in [-0.05, 0) is 33.9 Å². The van der Waals surface area contributed by atoms with E-state index in [4.69, 9.17) is 0 Å². The first-order valence-electron chi connectivity index (χ1n) is 9.34. The Morgan fingerprint density at radius 1 is 0.810 bits per heavy atom. The molecule has 0 aliphatic heterocycles. The number of aliphatic hydroxyl groups excluding tert-OH is 1. The van der Waals surface area contributed by atoms with Crippen molar-refractivity contribution in [3.63, 3.8) is 0 Å². The van der Waals surface area contributed by atoms with Gasteiger partial charge in [0.05, 0.1) is 6.10 Å². The second kappa shape index (κ2) is 12.5. The van der Waals surface area contributed by atoms with Crippen LogP contribution in [-0.4, -0.2) is 35.7 Å². The Bertz CT molecular complexity index is 230. The zero-order valence-electron chi connectivity index (χ0n) is 15.5. The first-order valence-corrected chi connectivity index (χ1v) is 9.34. The summed E-state index contributed by atoms with van der Waals surface area (Å²) in [5, 5.41) is 10.4. The third-order valence-electron chi connectivity index (χ3n) is 5.29. The summed E-state index contributed by atoms with van der Waals surface area (Å²) < 4.78 is 0. The van der Waals surface area contributed by atoms with Crippen molar-refractivity contribution in [3.8, 4) is 0 Å². The van der Waals surface area contributed by atoms with E-state index in [9.17, 15) is 5.11 Å².